The molecule has 5 heteroatoms. The predicted octanol–water partition coefficient (Wildman–Crippen LogP) is 6.85. The fourth-order valence-electron chi connectivity index (χ4n) is 3.96. The number of anilines is 2. The van der Waals surface area contributed by atoms with Crippen molar-refractivity contribution in [1.29, 1.82) is 0 Å². The van der Waals surface area contributed by atoms with E-state index in [-0.39, 0.29) is 17.2 Å². The van der Waals surface area contributed by atoms with Crippen LogP contribution < -0.4 is 10.2 Å². The van der Waals surface area contributed by atoms with E-state index in [1.807, 2.05) is 60.4 Å². The van der Waals surface area contributed by atoms with Crippen molar-refractivity contribution in [2.24, 2.45) is 0 Å². The maximum atomic E-state index is 12.6. The smallest absolute Gasteiger partial charge is 0.238 e. The number of carbonyl (C=O) groups excluding carboxylic acids is 2. The highest BCUT2D eigenvalue weighted by Gasteiger charge is 2.34. The molecule has 0 unspecified atom stereocenters. The van der Waals surface area contributed by atoms with Gasteiger partial charge >= 0.3 is 0 Å². The SMILES string of the molecule is CCCCCCCCCC(=O)Nc1cccc([C@@H]2SCC(=O)N2c2cccc(C)c2)c1. The van der Waals surface area contributed by atoms with E-state index in [0.29, 0.717) is 12.2 Å². The fourth-order valence-corrected chi connectivity index (χ4v) is 5.13. The number of thioether (sulfide) groups is 1. The van der Waals surface area contributed by atoms with Crippen molar-refractivity contribution in [1.82, 2.24) is 0 Å². The molecular weight excluding hydrogens is 404 g/mol. The maximum absolute atomic E-state index is 12.6. The second-order valence-corrected chi connectivity index (χ2v) is 9.38. The average molecular weight is 439 g/mol. The second-order valence-electron chi connectivity index (χ2n) is 8.31. The molecular formula is C26H34N2O2S. The van der Waals surface area contributed by atoms with Crippen LogP contribution in [0.5, 0.6) is 0 Å². The Kier molecular flexibility index (Phi) is 9.01. The van der Waals surface area contributed by atoms with Gasteiger partial charge in [0.1, 0.15) is 5.37 Å². The van der Waals surface area contributed by atoms with Crippen LogP contribution in [0.25, 0.3) is 0 Å². The van der Waals surface area contributed by atoms with E-state index in [2.05, 4.69) is 12.2 Å². The zero-order valence-electron chi connectivity index (χ0n) is 18.7. The van der Waals surface area contributed by atoms with E-state index < -0.39 is 0 Å². The summed E-state index contributed by atoms with van der Waals surface area (Å²) < 4.78 is 0. The number of hydrogen-bond acceptors (Lipinski definition) is 3. The first-order chi connectivity index (χ1) is 15.1. The minimum absolute atomic E-state index is 0.0661. The molecule has 1 heterocycles. The normalized spacial score (nSPS) is 16.0. The van der Waals surface area contributed by atoms with Gasteiger partial charge in [-0.1, -0.05) is 69.7 Å². The van der Waals surface area contributed by atoms with E-state index in [1.165, 1.54) is 32.1 Å². The van der Waals surface area contributed by atoms with Crippen LogP contribution in [-0.4, -0.2) is 17.6 Å². The number of nitrogens with zero attached hydrogens (tertiary/aromatic N) is 1. The molecule has 1 aliphatic rings. The zero-order chi connectivity index (χ0) is 22.1. The molecule has 0 saturated carbocycles. The molecule has 1 atom stereocenters. The van der Waals surface area contributed by atoms with Gasteiger partial charge in [0.05, 0.1) is 5.75 Å². The Bertz CT molecular complexity index is 883. The van der Waals surface area contributed by atoms with Gasteiger partial charge in [0, 0.05) is 17.8 Å². The summed E-state index contributed by atoms with van der Waals surface area (Å²) in [6.07, 6.45) is 8.97. The van der Waals surface area contributed by atoms with E-state index >= 15 is 0 Å². The molecule has 0 bridgehead atoms. The van der Waals surface area contributed by atoms with Gasteiger partial charge in [0.25, 0.3) is 0 Å². The summed E-state index contributed by atoms with van der Waals surface area (Å²) in [5.74, 6) is 0.651. The number of hydrogen-bond donors (Lipinski definition) is 1. The number of carbonyl (C=O) groups is 2. The minimum Gasteiger partial charge on any atom is -0.326 e. The monoisotopic (exact) mass is 438 g/mol. The van der Waals surface area contributed by atoms with E-state index in [9.17, 15) is 9.59 Å². The van der Waals surface area contributed by atoms with Crippen molar-refractivity contribution in [2.75, 3.05) is 16.0 Å². The lowest BCUT2D eigenvalue weighted by Crippen LogP contribution is -2.27. The lowest BCUT2D eigenvalue weighted by atomic mass is 10.1. The number of amides is 2. The highest BCUT2D eigenvalue weighted by Crippen LogP contribution is 2.42. The van der Waals surface area contributed by atoms with Crippen molar-refractivity contribution in [3.05, 3.63) is 59.7 Å². The van der Waals surface area contributed by atoms with Crippen molar-refractivity contribution in [3.63, 3.8) is 0 Å². The van der Waals surface area contributed by atoms with Crippen LogP contribution >= 0.6 is 11.8 Å². The third-order valence-electron chi connectivity index (χ3n) is 5.61. The van der Waals surface area contributed by atoms with Gasteiger partial charge in [0.2, 0.25) is 11.8 Å². The summed E-state index contributed by atoms with van der Waals surface area (Å²) in [5, 5.41) is 2.97. The molecule has 0 radical (unpaired) electrons. The van der Waals surface area contributed by atoms with Crippen LogP contribution in [0.4, 0.5) is 11.4 Å². The van der Waals surface area contributed by atoms with Crippen molar-refractivity contribution >= 4 is 35.0 Å². The molecule has 166 valence electrons. The predicted molar refractivity (Wildman–Crippen MR) is 132 cm³/mol. The van der Waals surface area contributed by atoms with E-state index in [4.69, 9.17) is 0 Å². The van der Waals surface area contributed by atoms with Crippen LogP contribution in [0.2, 0.25) is 0 Å². The molecule has 1 N–H and O–H groups in total. The quantitative estimate of drug-likeness (QED) is 0.390. The van der Waals surface area contributed by atoms with E-state index in [1.54, 1.807) is 11.8 Å². The highest BCUT2D eigenvalue weighted by molar-refractivity contribution is 8.00. The van der Waals surface area contributed by atoms with Crippen LogP contribution in [0.1, 0.15) is 74.8 Å². The second kappa shape index (κ2) is 11.9. The first-order valence-electron chi connectivity index (χ1n) is 11.5. The molecule has 31 heavy (non-hydrogen) atoms. The lowest BCUT2D eigenvalue weighted by Gasteiger charge is -2.25. The van der Waals surface area contributed by atoms with Gasteiger partial charge in [-0.15, -0.1) is 11.8 Å². The third kappa shape index (κ3) is 6.86. The van der Waals surface area contributed by atoms with Crippen molar-refractivity contribution in [3.8, 4) is 0 Å². The Labute approximate surface area is 190 Å². The Morgan fingerprint density at radius 3 is 2.55 bits per heavy atom. The summed E-state index contributed by atoms with van der Waals surface area (Å²) in [6, 6.07) is 16.0. The Balaban J connectivity index is 1.57. The summed E-state index contributed by atoms with van der Waals surface area (Å²) in [6.45, 7) is 4.26. The molecule has 0 aliphatic carbocycles. The Morgan fingerprint density at radius 2 is 1.77 bits per heavy atom. The van der Waals surface area contributed by atoms with Gasteiger partial charge in [0.15, 0.2) is 0 Å². The fraction of sp³-hybridized carbons (Fsp3) is 0.462. The van der Waals surface area contributed by atoms with Gasteiger partial charge in [-0.3, -0.25) is 14.5 Å². The van der Waals surface area contributed by atoms with Crippen LogP contribution in [0.3, 0.4) is 0 Å². The number of benzene rings is 2. The molecule has 2 amide bonds. The molecule has 3 rings (SSSR count). The standard InChI is InChI=1S/C26H34N2O2S/c1-3-4-5-6-7-8-9-16-24(29)27-22-14-11-13-21(18-22)26-28(25(30)19-31-26)23-15-10-12-20(2)17-23/h10-15,17-18,26H,3-9,16,19H2,1-2H3,(H,27,29)/t26-/m0/s1. The van der Waals surface area contributed by atoms with Gasteiger partial charge in [-0.2, -0.15) is 0 Å². The Hall–Kier alpha value is -2.27. The van der Waals surface area contributed by atoms with Crippen LogP contribution in [0, 0.1) is 6.92 Å². The number of unbranched alkanes of at least 4 members (excludes halogenated alkanes) is 6. The molecule has 1 saturated heterocycles. The average Bonchev–Trinajstić information content (AvgIpc) is 3.15. The first kappa shape index (κ1) is 23.4. The maximum Gasteiger partial charge on any atom is 0.238 e. The third-order valence-corrected chi connectivity index (χ3v) is 6.82. The summed E-state index contributed by atoms with van der Waals surface area (Å²) in [5.41, 5.74) is 3.89. The largest absolute Gasteiger partial charge is 0.326 e. The topological polar surface area (TPSA) is 49.4 Å². The first-order valence-corrected chi connectivity index (χ1v) is 12.5. The molecule has 1 aliphatic heterocycles. The van der Waals surface area contributed by atoms with E-state index in [0.717, 1.165) is 35.3 Å². The summed E-state index contributed by atoms with van der Waals surface area (Å²) in [7, 11) is 0. The van der Waals surface area contributed by atoms with Crippen molar-refractivity contribution < 1.29 is 9.59 Å². The summed E-state index contributed by atoms with van der Waals surface area (Å²) >= 11 is 1.63. The molecule has 4 nitrogen and oxygen atoms in total. The van der Waals surface area contributed by atoms with Crippen LogP contribution in [-0.2, 0) is 9.59 Å². The molecule has 2 aromatic carbocycles. The van der Waals surface area contributed by atoms with Gasteiger partial charge in [-0.25, -0.2) is 0 Å². The minimum atomic E-state index is -0.0747. The van der Waals surface area contributed by atoms with Gasteiger partial charge < -0.3 is 5.32 Å². The van der Waals surface area contributed by atoms with Crippen molar-refractivity contribution in [2.45, 2.75) is 70.6 Å². The molecule has 2 aromatic rings. The molecule has 0 aromatic heterocycles. The summed E-state index contributed by atoms with van der Waals surface area (Å²) in [4.78, 5) is 26.8. The van der Waals surface area contributed by atoms with Crippen LogP contribution in [0.15, 0.2) is 48.5 Å². The number of nitrogens with one attached hydrogen (secondary N) is 1. The Morgan fingerprint density at radius 1 is 1.03 bits per heavy atom. The highest BCUT2D eigenvalue weighted by atomic mass is 32.2. The molecule has 0 spiro atoms. The van der Waals surface area contributed by atoms with Gasteiger partial charge in [-0.05, 0) is 48.7 Å². The number of rotatable bonds is 11. The molecule has 1 fully saturated rings. The lowest BCUT2D eigenvalue weighted by molar-refractivity contribution is -0.117. The number of aryl methyl sites for hydroxylation is 1. The zero-order valence-corrected chi connectivity index (χ0v) is 19.5.